The summed E-state index contributed by atoms with van der Waals surface area (Å²) >= 11 is 12.8. The van der Waals surface area contributed by atoms with Crippen LogP contribution >= 0.6 is 23.2 Å². The average molecular weight is 725 g/mol. The van der Waals surface area contributed by atoms with E-state index in [9.17, 15) is 18.0 Å². The van der Waals surface area contributed by atoms with Crippen LogP contribution in [0.5, 0.6) is 0 Å². The molecule has 7 rings (SSSR count). The fraction of sp³-hybridized carbons (Fsp3) is 0.487. The van der Waals surface area contributed by atoms with E-state index in [1.54, 1.807) is 18.2 Å². The number of hydrogen-bond donors (Lipinski definition) is 1. The highest BCUT2D eigenvalue weighted by molar-refractivity contribution is 7.92. The molecule has 4 aliphatic carbocycles. The first-order valence-corrected chi connectivity index (χ1v) is 20.1. The summed E-state index contributed by atoms with van der Waals surface area (Å²) < 4.78 is 27.9. The summed E-state index contributed by atoms with van der Waals surface area (Å²) in [6.45, 7) is 3.41. The summed E-state index contributed by atoms with van der Waals surface area (Å²) in [5.74, 6) is 1.54. The third kappa shape index (κ3) is 8.13. The topological polar surface area (TPSA) is 86.8 Å². The Morgan fingerprint density at radius 2 is 1.53 bits per heavy atom. The molecular weight excluding hydrogens is 677 g/mol. The van der Waals surface area contributed by atoms with E-state index in [2.05, 4.69) is 17.4 Å². The number of halogens is 2. The van der Waals surface area contributed by atoms with Crippen molar-refractivity contribution in [3.63, 3.8) is 0 Å². The molecule has 4 saturated carbocycles. The van der Waals surface area contributed by atoms with Crippen molar-refractivity contribution in [3.8, 4) is 0 Å². The number of rotatable bonds is 13. The molecule has 0 aromatic heterocycles. The zero-order valence-corrected chi connectivity index (χ0v) is 30.9. The van der Waals surface area contributed by atoms with E-state index in [-0.39, 0.29) is 30.3 Å². The van der Waals surface area contributed by atoms with Gasteiger partial charge < -0.3 is 10.2 Å². The van der Waals surface area contributed by atoms with Gasteiger partial charge >= 0.3 is 0 Å². The fourth-order valence-corrected chi connectivity index (χ4v) is 10.2. The molecule has 0 aliphatic heterocycles. The lowest BCUT2D eigenvalue weighted by Gasteiger charge is -2.57. The van der Waals surface area contributed by atoms with Crippen LogP contribution in [-0.2, 0) is 38.0 Å². The van der Waals surface area contributed by atoms with Crippen molar-refractivity contribution < 1.29 is 18.0 Å². The van der Waals surface area contributed by atoms with Gasteiger partial charge in [-0.25, -0.2) is 8.42 Å². The summed E-state index contributed by atoms with van der Waals surface area (Å²) in [5.41, 5.74) is 3.34. The number of nitrogens with zero attached hydrogens (tertiary/aromatic N) is 2. The minimum Gasteiger partial charge on any atom is -0.352 e. The van der Waals surface area contributed by atoms with Gasteiger partial charge in [-0.15, -0.1) is 0 Å². The quantitative estimate of drug-likeness (QED) is 0.195. The van der Waals surface area contributed by atoms with E-state index in [4.69, 9.17) is 23.2 Å². The summed E-state index contributed by atoms with van der Waals surface area (Å²) in [4.78, 5) is 29.9. The molecule has 1 N–H and O–H groups in total. The van der Waals surface area contributed by atoms with Gasteiger partial charge in [-0.2, -0.15) is 0 Å². The predicted octanol–water partition coefficient (Wildman–Crippen LogP) is 7.78. The van der Waals surface area contributed by atoms with Crippen LogP contribution in [0.15, 0.2) is 72.8 Å². The summed E-state index contributed by atoms with van der Waals surface area (Å²) in [5, 5.41) is 3.85. The standard InChI is InChI=1S/C39H47Cl2N3O4S/c1-4-26(2)42-38(46)36(19-27-8-6-5-7-9-27)43(24-31-10-13-33(40)20-35(31)41)37(45)25-44(49(3,47)48)34-14-11-32(12-15-34)39-21-28-16-29(22-39)18-30(17-28)23-39/h5-15,20,26,28-30,36H,4,16-19,21-25H2,1-3H3,(H,42,46)/t26-,28?,29?,30?,36+,39?/m0/s1. The van der Waals surface area contributed by atoms with E-state index in [1.807, 2.05) is 56.3 Å². The zero-order chi connectivity index (χ0) is 34.9. The number of carbonyl (C=O) groups excluding carboxylic acids is 2. The lowest BCUT2D eigenvalue weighted by molar-refractivity contribution is -0.140. The van der Waals surface area contributed by atoms with Crippen LogP contribution in [0.2, 0.25) is 10.0 Å². The molecule has 0 unspecified atom stereocenters. The Morgan fingerprint density at radius 1 is 0.918 bits per heavy atom. The number of sulfonamides is 1. The highest BCUT2D eigenvalue weighted by atomic mass is 35.5. The van der Waals surface area contributed by atoms with Crippen molar-refractivity contribution in [3.05, 3.63) is 99.5 Å². The van der Waals surface area contributed by atoms with Crippen molar-refractivity contribution in [2.24, 2.45) is 17.8 Å². The molecule has 4 bridgehead atoms. The van der Waals surface area contributed by atoms with Gasteiger partial charge in [0, 0.05) is 29.1 Å². The maximum Gasteiger partial charge on any atom is 0.244 e. The van der Waals surface area contributed by atoms with Gasteiger partial charge in [0.15, 0.2) is 0 Å². The molecular formula is C39H47Cl2N3O4S. The third-order valence-corrected chi connectivity index (χ3v) is 12.8. The molecule has 0 spiro atoms. The van der Waals surface area contributed by atoms with Crippen LogP contribution in [0.3, 0.4) is 0 Å². The Kier molecular flexibility index (Phi) is 10.7. The lowest BCUT2D eigenvalue weighted by Crippen LogP contribution is -2.54. The van der Waals surface area contributed by atoms with Crippen molar-refractivity contribution in [2.45, 2.75) is 89.3 Å². The SMILES string of the molecule is CC[C@H](C)NC(=O)[C@@H](Cc1ccccc1)N(Cc1ccc(Cl)cc1Cl)C(=O)CN(c1ccc(C23CC4CC(CC(C4)C2)C3)cc1)S(C)(=O)=O. The van der Waals surface area contributed by atoms with Crippen molar-refractivity contribution >= 4 is 50.7 Å². The van der Waals surface area contributed by atoms with E-state index in [0.717, 1.165) is 33.9 Å². The maximum absolute atomic E-state index is 14.5. The van der Waals surface area contributed by atoms with Crippen molar-refractivity contribution in [2.75, 3.05) is 17.1 Å². The van der Waals surface area contributed by atoms with Crippen LogP contribution in [0.1, 0.15) is 75.5 Å². The van der Waals surface area contributed by atoms with Crippen LogP contribution in [-0.4, -0.2) is 50.0 Å². The van der Waals surface area contributed by atoms with Gasteiger partial charge in [0.25, 0.3) is 0 Å². The minimum atomic E-state index is -3.88. The number of anilines is 1. The van der Waals surface area contributed by atoms with Gasteiger partial charge in [-0.05, 0) is 116 Å². The average Bonchev–Trinajstić information content (AvgIpc) is 3.05. The molecule has 3 aromatic rings. The molecule has 4 fully saturated rings. The molecule has 2 atom stereocenters. The van der Waals surface area contributed by atoms with Crippen molar-refractivity contribution in [1.82, 2.24) is 10.2 Å². The second-order valence-electron chi connectivity index (χ2n) is 14.8. The molecule has 7 nitrogen and oxygen atoms in total. The molecule has 49 heavy (non-hydrogen) atoms. The van der Waals surface area contributed by atoms with Gasteiger partial charge in [0.1, 0.15) is 12.6 Å². The van der Waals surface area contributed by atoms with E-state index >= 15 is 0 Å². The summed E-state index contributed by atoms with van der Waals surface area (Å²) in [6, 6.07) is 21.3. The molecule has 0 saturated heterocycles. The van der Waals surface area contributed by atoms with Crippen LogP contribution in [0.25, 0.3) is 0 Å². The first-order chi connectivity index (χ1) is 23.3. The van der Waals surface area contributed by atoms with Crippen molar-refractivity contribution in [1.29, 1.82) is 0 Å². The molecule has 2 amide bonds. The number of amides is 2. The monoisotopic (exact) mass is 723 g/mol. The Morgan fingerprint density at radius 3 is 2.08 bits per heavy atom. The Bertz CT molecular complexity index is 1730. The van der Waals surface area contributed by atoms with Gasteiger partial charge in [-0.3, -0.25) is 13.9 Å². The normalized spacial score (nSPS) is 23.9. The number of benzene rings is 3. The first kappa shape index (κ1) is 35.7. The molecule has 262 valence electrons. The van der Waals surface area contributed by atoms with Gasteiger partial charge in [0.2, 0.25) is 21.8 Å². The fourth-order valence-electron chi connectivity index (χ4n) is 8.89. The zero-order valence-electron chi connectivity index (χ0n) is 28.6. The van der Waals surface area contributed by atoms with E-state index in [1.165, 1.54) is 49.0 Å². The maximum atomic E-state index is 14.5. The Hall–Kier alpha value is -3.07. The van der Waals surface area contributed by atoms with E-state index in [0.29, 0.717) is 27.7 Å². The second-order valence-corrected chi connectivity index (χ2v) is 17.5. The molecule has 3 aromatic carbocycles. The minimum absolute atomic E-state index is 0.0111. The number of carbonyl (C=O) groups is 2. The molecule has 10 heteroatoms. The Labute approximate surface area is 301 Å². The molecule has 0 radical (unpaired) electrons. The number of hydrogen-bond acceptors (Lipinski definition) is 4. The number of nitrogens with one attached hydrogen (secondary N) is 1. The summed E-state index contributed by atoms with van der Waals surface area (Å²) in [7, 11) is -3.88. The molecule has 4 aliphatic rings. The predicted molar refractivity (Wildman–Crippen MR) is 197 cm³/mol. The smallest absolute Gasteiger partial charge is 0.244 e. The van der Waals surface area contributed by atoms with Gasteiger partial charge in [-0.1, -0.05) is 78.7 Å². The van der Waals surface area contributed by atoms with Gasteiger partial charge in [0.05, 0.1) is 11.9 Å². The molecule has 0 heterocycles. The Balaban J connectivity index is 1.32. The summed E-state index contributed by atoms with van der Waals surface area (Å²) in [6.07, 6.45) is 9.72. The highest BCUT2D eigenvalue weighted by Gasteiger charge is 2.51. The van der Waals surface area contributed by atoms with E-state index < -0.39 is 28.5 Å². The lowest BCUT2D eigenvalue weighted by atomic mass is 9.48. The van der Waals surface area contributed by atoms with Crippen LogP contribution in [0.4, 0.5) is 5.69 Å². The largest absolute Gasteiger partial charge is 0.352 e. The van der Waals surface area contributed by atoms with Crippen LogP contribution < -0.4 is 9.62 Å². The first-order valence-electron chi connectivity index (χ1n) is 17.5. The third-order valence-electron chi connectivity index (χ3n) is 11.1. The highest BCUT2D eigenvalue weighted by Crippen LogP contribution is 2.60. The second kappa shape index (κ2) is 14.7. The van der Waals surface area contributed by atoms with Crippen LogP contribution in [0, 0.1) is 17.8 Å².